The summed E-state index contributed by atoms with van der Waals surface area (Å²) in [6, 6.07) is 0.662. The molecule has 3 nitrogen and oxygen atoms in total. The fourth-order valence-corrected chi connectivity index (χ4v) is 2.60. The Morgan fingerprint density at radius 1 is 1.35 bits per heavy atom. The van der Waals surface area contributed by atoms with Crippen LogP contribution in [0.4, 0.5) is 0 Å². The van der Waals surface area contributed by atoms with Gasteiger partial charge in [0.2, 0.25) is 0 Å². The van der Waals surface area contributed by atoms with Crippen LogP contribution in [0.15, 0.2) is 0 Å². The van der Waals surface area contributed by atoms with Crippen molar-refractivity contribution in [1.29, 1.82) is 0 Å². The minimum Gasteiger partial charge on any atom is -0.300 e. The number of hydrogen-bond acceptors (Lipinski definition) is 3. The van der Waals surface area contributed by atoms with E-state index in [1.165, 1.54) is 6.42 Å². The Bertz CT molecular complexity index is 238. The minimum atomic E-state index is 0.225. The molecule has 1 aliphatic heterocycles. The molecular weight excluding hydrogens is 212 g/mol. The molecule has 0 aromatic rings. The third-order valence-corrected chi connectivity index (χ3v) is 4.12. The molecule has 1 rings (SSSR count). The van der Waals surface area contributed by atoms with E-state index in [0.29, 0.717) is 18.4 Å². The maximum atomic E-state index is 11.9. The van der Waals surface area contributed by atoms with Crippen molar-refractivity contribution in [3.05, 3.63) is 0 Å². The van der Waals surface area contributed by atoms with Crippen LogP contribution in [0.25, 0.3) is 0 Å². The third-order valence-electron chi connectivity index (χ3n) is 4.12. The van der Waals surface area contributed by atoms with Gasteiger partial charge >= 0.3 is 0 Å². The second kappa shape index (κ2) is 7.12. The maximum absolute atomic E-state index is 11.9. The van der Waals surface area contributed by atoms with Gasteiger partial charge in [-0.3, -0.25) is 14.6 Å². The van der Waals surface area contributed by atoms with Crippen LogP contribution in [0.1, 0.15) is 40.5 Å². The summed E-state index contributed by atoms with van der Waals surface area (Å²) in [4.78, 5) is 16.7. The molecule has 0 spiro atoms. The standard InChI is InChI=1S/C14H28N2O/c1-5-12(4)14(17)11-15-9-8-13(10-15)16(6-2)7-3/h12-13H,5-11H2,1-4H3. The summed E-state index contributed by atoms with van der Waals surface area (Å²) in [6.45, 7) is 13.6. The number of carbonyl (C=O) groups is 1. The second-order valence-electron chi connectivity index (χ2n) is 5.17. The van der Waals surface area contributed by atoms with E-state index < -0.39 is 0 Å². The topological polar surface area (TPSA) is 23.6 Å². The number of Topliss-reactive ketones (excluding diaryl/α,β-unsaturated/α-hetero) is 1. The number of likely N-dealkylation sites (N-methyl/N-ethyl adjacent to an activating group) is 1. The zero-order valence-corrected chi connectivity index (χ0v) is 11.9. The first-order valence-corrected chi connectivity index (χ1v) is 7.11. The lowest BCUT2D eigenvalue weighted by atomic mass is 10.0. The summed E-state index contributed by atoms with van der Waals surface area (Å²) in [5.41, 5.74) is 0. The molecule has 2 atom stereocenters. The van der Waals surface area contributed by atoms with Crippen molar-refractivity contribution in [1.82, 2.24) is 9.80 Å². The lowest BCUT2D eigenvalue weighted by molar-refractivity contribution is -0.123. The Morgan fingerprint density at radius 2 is 2.00 bits per heavy atom. The van der Waals surface area contributed by atoms with E-state index in [2.05, 4.69) is 30.6 Å². The van der Waals surface area contributed by atoms with Crippen molar-refractivity contribution in [2.75, 3.05) is 32.7 Å². The number of carbonyl (C=O) groups excluding carboxylic acids is 1. The van der Waals surface area contributed by atoms with Gasteiger partial charge < -0.3 is 0 Å². The highest BCUT2D eigenvalue weighted by Crippen LogP contribution is 2.16. The number of rotatable bonds is 7. The fraction of sp³-hybridized carbons (Fsp3) is 0.929. The zero-order valence-electron chi connectivity index (χ0n) is 11.9. The number of hydrogen-bond donors (Lipinski definition) is 0. The van der Waals surface area contributed by atoms with Crippen LogP contribution >= 0.6 is 0 Å². The SMILES string of the molecule is CCC(C)C(=O)CN1CCC(N(CC)CC)C1. The summed E-state index contributed by atoms with van der Waals surface area (Å²) in [5.74, 6) is 0.634. The summed E-state index contributed by atoms with van der Waals surface area (Å²) in [5, 5.41) is 0. The molecule has 0 saturated carbocycles. The van der Waals surface area contributed by atoms with Crippen LogP contribution in [0, 0.1) is 5.92 Å². The van der Waals surface area contributed by atoms with Crippen LogP contribution in [0.5, 0.6) is 0 Å². The van der Waals surface area contributed by atoms with Crippen molar-refractivity contribution >= 4 is 5.78 Å². The molecule has 0 aromatic carbocycles. The molecule has 1 heterocycles. The average Bonchev–Trinajstić information content (AvgIpc) is 2.78. The first kappa shape index (κ1) is 14.7. The van der Waals surface area contributed by atoms with Gasteiger partial charge in [-0.25, -0.2) is 0 Å². The molecule has 17 heavy (non-hydrogen) atoms. The van der Waals surface area contributed by atoms with E-state index in [1.807, 2.05) is 6.92 Å². The first-order chi connectivity index (χ1) is 8.12. The van der Waals surface area contributed by atoms with Crippen molar-refractivity contribution in [2.45, 2.75) is 46.6 Å². The normalized spacial score (nSPS) is 23.2. The smallest absolute Gasteiger partial charge is 0.149 e. The average molecular weight is 240 g/mol. The second-order valence-corrected chi connectivity index (χ2v) is 5.17. The Labute approximate surface area is 106 Å². The molecule has 0 bridgehead atoms. The summed E-state index contributed by atoms with van der Waals surface area (Å²) in [6.07, 6.45) is 2.18. The molecule has 0 amide bonds. The van der Waals surface area contributed by atoms with Gasteiger partial charge in [0, 0.05) is 25.0 Å². The predicted octanol–water partition coefficient (Wildman–Crippen LogP) is 2.02. The molecule has 0 aliphatic carbocycles. The molecular formula is C14H28N2O. The summed E-state index contributed by atoms with van der Waals surface area (Å²) >= 11 is 0. The van der Waals surface area contributed by atoms with Gasteiger partial charge in [-0.15, -0.1) is 0 Å². The highest BCUT2D eigenvalue weighted by Gasteiger charge is 2.27. The van der Waals surface area contributed by atoms with Crippen molar-refractivity contribution in [3.8, 4) is 0 Å². The van der Waals surface area contributed by atoms with Crippen LogP contribution < -0.4 is 0 Å². The van der Waals surface area contributed by atoms with Gasteiger partial charge in [0.15, 0.2) is 0 Å². The van der Waals surface area contributed by atoms with Crippen molar-refractivity contribution < 1.29 is 4.79 Å². The summed E-state index contributed by atoms with van der Waals surface area (Å²) in [7, 11) is 0. The number of ketones is 1. The number of likely N-dealkylation sites (tertiary alicyclic amines) is 1. The van der Waals surface area contributed by atoms with Gasteiger partial charge in [-0.1, -0.05) is 27.7 Å². The maximum Gasteiger partial charge on any atom is 0.149 e. The van der Waals surface area contributed by atoms with Crippen LogP contribution in [-0.4, -0.2) is 54.3 Å². The van der Waals surface area contributed by atoms with Gasteiger partial charge in [0.05, 0.1) is 6.54 Å². The van der Waals surface area contributed by atoms with E-state index in [1.54, 1.807) is 0 Å². The molecule has 100 valence electrons. The van der Waals surface area contributed by atoms with Crippen LogP contribution in [0.2, 0.25) is 0 Å². The van der Waals surface area contributed by atoms with E-state index in [0.717, 1.165) is 32.6 Å². The molecule has 1 aliphatic rings. The van der Waals surface area contributed by atoms with Crippen LogP contribution in [-0.2, 0) is 4.79 Å². The lowest BCUT2D eigenvalue weighted by Crippen LogP contribution is -2.38. The third kappa shape index (κ3) is 4.07. The zero-order chi connectivity index (χ0) is 12.8. The largest absolute Gasteiger partial charge is 0.300 e. The quantitative estimate of drug-likeness (QED) is 0.680. The highest BCUT2D eigenvalue weighted by atomic mass is 16.1. The van der Waals surface area contributed by atoms with Gasteiger partial charge in [-0.05, 0) is 25.9 Å². The Hall–Kier alpha value is -0.410. The van der Waals surface area contributed by atoms with E-state index in [-0.39, 0.29) is 5.92 Å². The molecule has 0 aromatic heterocycles. The molecule has 0 N–H and O–H groups in total. The highest BCUT2D eigenvalue weighted by molar-refractivity contribution is 5.82. The van der Waals surface area contributed by atoms with Gasteiger partial charge in [0.25, 0.3) is 0 Å². The van der Waals surface area contributed by atoms with Gasteiger partial charge in [0.1, 0.15) is 5.78 Å². The number of nitrogens with zero attached hydrogens (tertiary/aromatic N) is 2. The first-order valence-electron chi connectivity index (χ1n) is 7.11. The monoisotopic (exact) mass is 240 g/mol. The Balaban J connectivity index is 2.37. The van der Waals surface area contributed by atoms with Gasteiger partial charge in [-0.2, -0.15) is 0 Å². The van der Waals surface area contributed by atoms with E-state index in [9.17, 15) is 4.79 Å². The Kier molecular flexibility index (Phi) is 6.14. The van der Waals surface area contributed by atoms with E-state index >= 15 is 0 Å². The molecule has 1 saturated heterocycles. The Morgan fingerprint density at radius 3 is 2.53 bits per heavy atom. The molecule has 1 fully saturated rings. The van der Waals surface area contributed by atoms with Crippen LogP contribution in [0.3, 0.4) is 0 Å². The van der Waals surface area contributed by atoms with Crippen molar-refractivity contribution in [3.63, 3.8) is 0 Å². The lowest BCUT2D eigenvalue weighted by Gasteiger charge is -2.26. The van der Waals surface area contributed by atoms with Crippen molar-refractivity contribution in [2.24, 2.45) is 5.92 Å². The van der Waals surface area contributed by atoms with E-state index in [4.69, 9.17) is 0 Å². The fourth-order valence-electron chi connectivity index (χ4n) is 2.60. The molecule has 2 unspecified atom stereocenters. The minimum absolute atomic E-state index is 0.225. The molecule has 0 radical (unpaired) electrons. The predicted molar refractivity (Wildman–Crippen MR) is 72.2 cm³/mol. The summed E-state index contributed by atoms with van der Waals surface area (Å²) < 4.78 is 0. The molecule has 3 heteroatoms.